The fraction of sp³-hybridized carbons (Fsp3) is 0.667. The van der Waals surface area contributed by atoms with E-state index in [9.17, 15) is 9.90 Å². The molecule has 98 valence electrons. The lowest BCUT2D eigenvalue weighted by molar-refractivity contribution is -0.148. The molecule has 3 aliphatic rings. The van der Waals surface area contributed by atoms with Crippen LogP contribution in [0.25, 0.3) is 0 Å². The van der Waals surface area contributed by atoms with E-state index in [0.29, 0.717) is 5.92 Å². The highest BCUT2D eigenvalue weighted by Gasteiger charge is 2.54. The zero-order chi connectivity index (χ0) is 13.1. The van der Waals surface area contributed by atoms with Crippen molar-refractivity contribution in [1.29, 1.82) is 0 Å². The summed E-state index contributed by atoms with van der Waals surface area (Å²) >= 11 is 0. The van der Waals surface area contributed by atoms with E-state index in [1.165, 1.54) is 5.57 Å². The standard InChI is InChI=1S/C15H20O3/c1-8-4-5-10-9(6-8)13(17)14-11(15(10,2)3)7-12(16)18-14/h6-7,9-10,13-14,17H,4-5H2,1-3H3. The molecule has 4 unspecified atom stereocenters. The van der Waals surface area contributed by atoms with E-state index >= 15 is 0 Å². The van der Waals surface area contributed by atoms with Crippen molar-refractivity contribution in [1.82, 2.24) is 0 Å². The number of hydrogen-bond donors (Lipinski definition) is 1. The fourth-order valence-electron chi connectivity index (χ4n) is 3.94. The largest absolute Gasteiger partial charge is 0.452 e. The Morgan fingerprint density at radius 2 is 2.17 bits per heavy atom. The lowest BCUT2D eigenvalue weighted by atomic mass is 9.56. The average molecular weight is 248 g/mol. The highest BCUT2D eigenvalue weighted by molar-refractivity contribution is 5.86. The third kappa shape index (κ3) is 1.50. The van der Waals surface area contributed by atoms with Gasteiger partial charge in [0.15, 0.2) is 6.10 Å². The van der Waals surface area contributed by atoms with Gasteiger partial charge in [0.2, 0.25) is 0 Å². The van der Waals surface area contributed by atoms with Crippen LogP contribution in [-0.2, 0) is 9.53 Å². The first-order chi connectivity index (χ1) is 8.41. The first kappa shape index (κ1) is 12.0. The van der Waals surface area contributed by atoms with Crippen LogP contribution in [0, 0.1) is 17.3 Å². The van der Waals surface area contributed by atoms with E-state index in [0.717, 1.165) is 18.4 Å². The highest BCUT2D eigenvalue weighted by Crippen LogP contribution is 2.54. The maximum atomic E-state index is 11.5. The number of rotatable bonds is 0. The molecule has 0 aromatic heterocycles. The quantitative estimate of drug-likeness (QED) is 0.528. The van der Waals surface area contributed by atoms with Crippen LogP contribution < -0.4 is 0 Å². The van der Waals surface area contributed by atoms with Gasteiger partial charge in [-0.1, -0.05) is 25.5 Å². The molecule has 3 nitrogen and oxygen atoms in total. The number of aliphatic hydroxyl groups excluding tert-OH is 1. The summed E-state index contributed by atoms with van der Waals surface area (Å²) in [5.74, 6) is 0.205. The van der Waals surface area contributed by atoms with Crippen molar-refractivity contribution in [2.45, 2.75) is 45.8 Å². The third-order valence-corrected chi connectivity index (χ3v) is 4.99. The molecule has 1 N–H and O–H groups in total. The SMILES string of the molecule is CC1=CC2C(O)C3OC(=O)C=C3C(C)(C)C2CC1. The molecule has 0 radical (unpaired) electrons. The summed E-state index contributed by atoms with van der Waals surface area (Å²) in [5.41, 5.74) is 2.25. The van der Waals surface area contributed by atoms with Crippen molar-refractivity contribution >= 4 is 5.97 Å². The van der Waals surface area contributed by atoms with E-state index in [2.05, 4.69) is 26.8 Å². The maximum absolute atomic E-state index is 11.5. The minimum atomic E-state index is -0.587. The molecule has 3 rings (SSSR count). The molecule has 1 saturated carbocycles. The first-order valence-corrected chi connectivity index (χ1v) is 6.69. The monoisotopic (exact) mass is 248 g/mol. The molecule has 0 aromatic rings. The van der Waals surface area contributed by atoms with Gasteiger partial charge in [0.1, 0.15) is 6.10 Å². The molecule has 1 fully saturated rings. The highest BCUT2D eigenvalue weighted by atomic mass is 16.6. The van der Waals surface area contributed by atoms with Crippen LogP contribution in [0.3, 0.4) is 0 Å². The van der Waals surface area contributed by atoms with E-state index < -0.39 is 12.2 Å². The van der Waals surface area contributed by atoms with Gasteiger partial charge in [-0.2, -0.15) is 0 Å². The predicted octanol–water partition coefficient (Wildman–Crippen LogP) is 2.21. The zero-order valence-electron chi connectivity index (χ0n) is 11.1. The van der Waals surface area contributed by atoms with Crippen LogP contribution in [0.2, 0.25) is 0 Å². The molecule has 4 atom stereocenters. The van der Waals surface area contributed by atoms with E-state index in [1.54, 1.807) is 6.08 Å². The Kier molecular flexibility index (Phi) is 2.46. The molecule has 18 heavy (non-hydrogen) atoms. The number of carbonyl (C=O) groups is 1. The number of allylic oxidation sites excluding steroid dienone is 1. The van der Waals surface area contributed by atoms with Crippen molar-refractivity contribution in [3.05, 3.63) is 23.3 Å². The molecule has 0 bridgehead atoms. The summed E-state index contributed by atoms with van der Waals surface area (Å²) in [5, 5.41) is 10.5. The molecule has 0 aromatic carbocycles. The van der Waals surface area contributed by atoms with Crippen molar-refractivity contribution in [3.63, 3.8) is 0 Å². The topological polar surface area (TPSA) is 46.5 Å². The Labute approximate surface area is 108 Å². The molecule has 0 spiro atoms. The summed E-state index contributed by atoms with van der Waals surface area (Å²) < 4.78 is 5.29. The molecular formula is C15H20O3. The second-order valence-electron chi connectivity index (χ2n) is 6.40. The van der Waals surface area contributed by atoms with E-state index in [1.807, 2.05) is 0 Å². The van der Waals surface area contributed by atoms with E-state index in [4.69, 9.17) is 4.74 Å². The Bertz CT molecular complexity index is 458. The average Bonchev–Trinajstić information content (AvgIpc) is 2.69. The van der Waals surface area contributed by atoms with Crippen LogP contribution in [0.4, 0.5) is 0 Å². The maximum Gasteiger partial charge on any atom is 0.331 e. The first-order valence-electron chi connectivity index (χ1n) is 6.69. The zero-order valence-corrected chi connectivity index (χ0v) is 11.1. The number of carbonyl (C=O) groups excluding carboxylic acids is 1. The van der Waals surface area contributed by atoms with Gasteiger partial charge in [-0.25, -0.2) is 4.79 Å². The van der Waals surface area contributed by atoms with Crippen molar-refractivity contribution < 1.29 is 14.6 Å². The van der Waals surface area contributed by atoms with Crippen LogP contribution in [-0.4, -0.2) is 23.3 Å². The van der Waals surface area contributed by atoms with Gasteiger partial charge in [0, 0.05) is 12.0 Å². The minimum absolute atomic E-state index is 0.0715. The molecule has 0 amide bonds. The van der Waals surface area contributed by atoms with Gasteiger partial charge >= 0.3 is 5.97 Å². The molecule has 0 saturated heterocycles. The Morgan fingerprint density at radius 1 is 1.44 bits per heavy atom. The number of aliphatic hydroxyl groups is 1. The summed E-state index contributed by atoms with van der Waals surface area (Å²) in [6.07, 6.45) is 4.92. The van der Waals surface area contributed by atoms with Gasteiger partial charge in [-0.3, -0.25) is 0 Å². The molecule has 1 aliphatic heterocycles. The van der Waals surface area contributed by atoms with Crippen molar-refractivity contribution in [2.24, 2.45) is 17.3 Å². The smallest absolute Gasteiger partial charge is 0.331 e. The number of fused-ring (bicyclic) bond motifs is 2. The number of esters is 1. The molecule has 1 heterocycles. The molecular weight excluding hydrogens is 228 g/mol. The van der Waals surface area contributed by atoms with Gasteiger partial charge < -0.3 is 9.84 Å². The number of hydrogen-bond acceptors (Lipinski definition) is 3. The summed E-state index contributed by atoms with van der Waals surface area (Å²) in [4.78, 5) is 11.5. The normalized spacial score (nSPS) is 41.4. The summed E-state index contributed by atoms with van der Waals surface area (Å²) in [7, 11) is 0. The second kappa shape index (κ2) is 3.70. The van der Waals surface area contributed by atoms with Gasteiger partial charge in [0.05, 0.1) is 0 Å². The predicted molar refractivity (Wildman–Crippen MR) is 67.7 cm³/mol. The Morgan fingerprint density at radius 3 is 2.89 bits per heavy atom. The number of ether oxygens (including phenoxy) is 1. The van der Waals surface area contributed by atoms with Crippen LogP contribution >= 0.6 is 0 Å². The fourth-order valence-corrected chi connectivity index (χ4v) is 3.94. The van der Waals surface area contributed by atoms with Crippen LogP contribution in [0.15, 0.2) is 23.3 Å². The molecule has 3 heteroatoms. The van der Waals surface area contributed by atoms with Gasteiger partial charge in [0.25, 0.3) is 0 Å². The van der Waals surface area contributed by atoms with Gasteiger partial charge in [-0.05, 0) is 36.7 Å². The van der Waals surface area contributed by atoms with Crippen LogP contribution in [0.5, 0.6) is 0 Å². The second-order valence-corrected chi connectivity index (χ2v) is 6.40. The molecule has 2 aliphatic carbocycles. The van der Waals surface area contributed by atoms with Gasteiger partial charge in [-0.15, -0.1) is 0 Å². The van der Waals surface area contributed by atoms with Crippen LogP contribution in [0.1, 0.15) is 33.6 Å². The lowest BCUT2D eigenvalue weighted by Crippen LogP contribution is -2.52. The van der Waals surface area contributed by atoms with Crippen molar-refractivity contribution in [3.8, 4) is 0 Å². The van der Waals surface area contributed by atoms with Crippen molar-refractivity contribution in [2.75, 3.05) is 0 Å². The Hall–Kier alpha value is -1.09. The minimum Gasteiger partial charge on any atom is -0.452 e. The summed E-state index contributed by atoms with van der Waals surface area (Å²) in [6.45, 7) is 6.46. The Balaban J connectivity index is 2.06. The third-order valence-electron chi connectivity index (χ3n) is 4.99. The summed E-state index contributed by atoms with van der Waals surface area (Å²) in [6, 6.07) is 0. The van der Waals surface area contributed by atoms with E-state index in [-0.39, 0.29) is 17.3 Å². The lowest BCUT2D eigenvalue weighted by Gasteiger charge is -2.50.